The summed E-state index contributed by atoms with van der Waals surface area (Å²) in [6.07, 6.45) is 3.52. The van der Waals surface area contributed by atoms with E-state index in [1.165, 1.54) is 0 Å². The van der Waals surface area contributed by atoms with Crippen LogP contribution in [0.2, 0.25) is 0 Å². The molecule has 0 saturated carbocycles. The molecule has 0 bridgehead atoms. The highest BCUT2D eigenvalue weighted by atomic mass is 79.9. The first-order valence-corrected chi connectivity index (χ1v) is 6.79. The first kappa shape index (κ1) is 11.2. The molecule has 0 aromatic heterocycles. The summed E-state index contributed by atoms with van der Waals surface area (Å²) in [5.41, 5.74) is 0. The Morgan fingerprint density at radius 2 is 2.31 bits per heavy atom. The molecule has 0 aromatic rings. The highest BCUT2D eigenvalue weighted by molar-refractivity contribution is 9.11. The average molecular weight is 268 g/mol. The van der Waals surface area contributed by atoms with Gasteiger partial charge in [0.15, 0.2) is 0 Å². The van der Waals surface area contributed by atoms with Gasteiger partial charge in [0, 0.05) is 17.6 Å². The summed E-state index contributed by atoms with van der Waals surface area (Å²) in [5, 5.41) is 0. The molecule has 1 aliphatic heterocycles. The molecule has 0 atom stereocenters. The normalized spacial score (nSPS) is 20.0. The minimum absolute atomic E-state index is 0.257. The lowest BCUT2D eigenvalue weighted by Gasteiger charge is -2.24. The molecule has 13 heavy (non-hydrogen) atoms. The van der Waals surface area contributed by atoms with Crippen LogP contribution in [0.25, 0.3) is 0 Å². The summed E-state index contributed by atoms with van der Waals surface area (Å²) in [7, 11) is -3.00. The summed E-state index contributed by atoms with van der Waals surface area (Å²) in [4.78, 5) is 0. The fourth-order valence-electron chi connectivity index (χ4n) is 1.30. The second-order valence-corrected chi connectivity index (χ2v) is 6.20. The minimum atomic E-state index is -3.00. The molecule has 1 rings (SSSR count). The first-order valence-electron chi connectivity index (χ1n) is 4.38. The first-order chi connectivity index (χ1) is 6.06. The molecule has 1 heterocycles. The van der Waals surface area contributed by atoms with Gasteiger partial charge in [0.25, 0.3) is 0 Å². The summed E-state index contributed by atoms with van der Waals surface area (Å²) in [5.74, 6) is 0.257. The molecule has 0 spiro atoms. The van der Waals surface area contributed by atoms with Gasteiger partial charge in [-0.05, 0) is 12.8 Å². The van der Waals surface area contributed by atoms with Crippen LogP contribution in [0.5, 0.6) is 0 Å². The smallest absolute Gasteiger partial charge is 0.212 e. The highest BCUT2D eigenvalue weighted by Crippen LogP contribution is 2.18. The van der Waals surface area contributed by atoms with Gasteiger partial charge in [-0.1, -0.05) is 28.9 Å². The average Bonchev–Trinajstić information content (AvgIpc) is 2.04. The predicted molar refractivity (Wildman–Crippen MR) is 57.3 cm³/mol. The van der Waals surface area contributed by atoms with Gasteiger partial charge in [0.2, 0.25) is 10.0 Å². The molecule has 0 saturated heterocycles. The van der Waals surface area contributed by atoms with Crippen molar-refractivity contribution in [2.75, 3.05) is 18.8 Å². The van der Waals surface area contributed by atoms with Crippen LogP contribution in [0.15, 0.2) is 10.6 Å². The lowest BCUT2D eigenvalue weighted by atomic mass is 10.3. The van der Waals surface area contributed by atoms with Crippen LogP contribution in [-0.2, 0) is 10.0 Å². The molecule has 0 fully saturated rings. The zero-order chi connectivity index (χ0) is 9.90. The van der Waals surface area contributed by atoms with E-state index in [4.69, 9.17) is 0 Å². The Bertz CT molecular complexity index is 297. The maximum atomic E-state index is 11.6. The van der Waals surface area contributed by atoms with Crippen LogP contribution in [0.1, 0.15) is 19.8 Å². The third-order valence-electron chi connectivity index (χ3n) is 1.93. The Hall–Kier alpha value is 0.130. The van der Waals surface area contributed by atoms with Crippen LogP contribution in [0.3, 0.4) is 0 Å². The Morgan fingerprint density at radius 1 is 1.62 bits per heavy atom. The SMILES string of the molecule is CCCS(=O)(=O)N1CCC=C(Br)C1. The van der Waals surface area contributed by atoms with Crippen LogP contribution < -0.4 is 0 Å². The van der Waals surface area contributed by atoms with E-state index in [0.29, 0.717) is 19.5 Å². The van der Waals surface area contributed by atoms with Crippen molar-refractivity contribution < 1.29 is 8.42 Å². The molecule has 3 nitrogen and oxygen atoms in total. The molecular weight excluding hydrogens is 254 g/mol. The summed E-state index contributed by atoms with van der Waals surface area (Å²) in [6, 6.07) is 0. The Balaban J connectivity index is 2.68. The van der Waals surface area contributed by atoms with E-state index in [9.17, 15) is 8.42 Å². The Labute approximate surface area is 88.0 Å². The fourth-order valence-corrected chi connectivity index (χ4v) is 3.49. The molecule has 0 N–H and O–H groups in total. The van der Waals surface area contributed by atoms with Crippen molar-refractivity contribution in [1.29, 1.82) is 0 Å². The van der Waals surface area contributed by atoms with E-state index < -0.39 is 10.0 Å². The van der Waals surface area contributed by atoms with Crippen molar-refractivity contribution >= 4 is 26.0 Å². The summed E-state index contributed by atoms with van der Waals surface area (Å²) >= 11 is 3.33. The van der Waals surface area contributed by atoms with Gasteiger partial charge >= 0.3 is 0 Å². The molecule has 0 aromatic carbocycles. The van der Waals surface area contributed by atoms with Gasteiger partial charge < -0.3 is 0 Å². The third-order valence-corrected chi connectivity index (χ3v) is 4.52. The maximum Gasteiger partial charge on any atom is 0.214 e. The summed E-state index contributed by atoms with van der Waals surface area (Å²) in [6.45, 7) is 3.01. The molecule has 76 valence electrons. The second kappa shape index (κ2) is 4.57. The van der Waals surface area contributed by atoms with Crippen molar-refractivity contribution in [2.45, 2.75) is 19.8 Å². The Kier molecular flexibility index (Phi) is 3.94. The number of hydrogen-bond acceptors (Lipinski definition) is 2. The standard InChI is InChI=1S/C8H14BrNO2S/c1-2-6-13(11,12)10-5-3-4-8(9)7-10/h4H,2-3,5-7H2,1H3. The quantitative estimate of drug-likeness (QED) is 0.781. The molecule has 1 aliphatic rings. The monoisotopic (exact) mass is 267 g/mol. The predicted octanol–water partition coefficient (Wildman–Crippen LogP) is 1.71. The topological polar surface area (TPSA) is 37.4 Å². The lowest BCUT2D eigenvalue weighted by molar-refractivity contribution is 0.435. The lowest BCUT2D eigenvalue weighted by Crippen LogP contribution is -2.36. The molecule has 0 aliphatic carbocycles. The van der Waals surface area contributed by atoms with Crippen molar-refractivity contribution in [3.63, 3.8) is 0 Å². The van der Waals surface area contributed by atoms with E-state index in [1.54, 1.807) is 4.31 Å². The van der Waals surface area contributed by atoms with Gasteiger partial charge in [0.05, 0.1) is 5.75 Å². The van der Waals surface area contributed by atoms with E-state index in [2.05, 4.69) is 15.9 Å². The Morgan fingerprint density at radius 3 is 2.85 bits per heavy atom. The van der Waals surface area contributed by atoms with E-state index in [0.717, 1.165) is 10.9 Å². The number of nitrogens with zero attached hydrogens (tertiary/aromatic N) is 1. The third kappa shape index (κ3) is 3.07. The van der Waals surface area contributed by atoms with Crippen LogP contribution >= 0.6 is 15.9 Å². The number of sulfonamides is 1. The van der Waals surface area contributed by atoms with Gasteiger partial charge in [-0.25, -0.2) is 8.42 Å². The highest BCUT2D eigenvalue weighted by Gasteiger charge is 2.22. The van der Waals surface area contributed by atoms with Gasteiger partial charge in [-0.15, -0.1) is 0 Å². The van der Waals surface area contributed by atoms with Crippen molar-refractivity contribution in [3.05, 3.63) is 10.6 Å². The maximum absolute atomic E-state index is 11.6. The largest absolute Gasteiger partial charge is 0.214 e. The molecular formula is C8H14BrNO2S. The van der Waals surface area contributed by atoms with Crippen LogP contribution in [0, 0.1) is 0 Å². The number of rotatable bonds is 3. The number of hydrogen-bond donors (Lipinski definition) is 0. The van der Waals surface area contributed by atoms with Crippen molar-refractivity contribution in [1.82, 2.24) is 4.31 Å². The molecule has 0 unspecified atom stereocenters. The minimum Gasteiger partial charge on any atom is -0.212 e. The van der Waals surface area contributed by atoms with E-state index in [-0.39, 0.29) is 5.75 Å². The molecule has 0 amide bonds. The zero-order valence-electron chi connectivity index (χ0n) is 7.66. The van der Waals surface area contributed by atoms with Gasteiger partial charge in [0.1, 0.15) is 0 Å². The van der Waals surface area contributed by atoms with Crippen molar-refractivity contribution in [3.8, 4) is 0 Å². The van der Waals surface area contributed by atoms with Crippen LogP contribution in [-0.4, -0.2) is 31.6 Å². The van der Waals surface area contributed by atoms with Crippen LogP contribution in [0.4, 0.5) is 0 Å². The number of halogens is 1. The van der Waals surface area contributed by atoms with Crippen molar-refractivity contribution in [2.24, 2.45) is 0 Å². The summed E-state index contributed by atoms with van der Waals surface area (Å²) < 4.78 is 25.7. The molecule has 5 heteroatoms. The van der Waals surface area contributed by atoms with E-state index >= 15 is 0 Å². The van der Waals surface area contributed by atoms with E-state index in [1.807, 2.05) is 13.0 Å². The van der Waals surface area contributed by atoms with Gasteiger partial charge in [-0.2, -0.15) is 4.31 Å². The second-order valence-electron chi connectivity index (χ2n) is 3.09. The van der Waals surface area contributed by atoms with Gasteiger partial charge in [-0.3, -0.25) is 0 Å². The fraction of sp³-hybridized carbons (Fsp3) is 0.750. The molecule has 0 radical (unpaired) electrons. The zero-order valence-corrected chi connectivity index (χ0v) is 10.1.